The van der Waals surface area contributed by atoms with E-state index in [0.717, 1.165) is 30.8 Å². The zero-order valence-electron chi connectivity index (χ0n) is 14.0. The minimum Gasteiger partial charge on any atom is -0.318 e. The summed E-state index contributed by atoms with van der Waals surface area (Å²) in [5.74, 6) is 1.06. The number of para-hydroxylation sites is 1. The van der Waals surface area contributed by atoms with Crippen molar-refractivity contribution in [3.63, 3.8) is 0 Å². The molecule has 122 valence electrons. The molecule has 0 saturated heterocycles. The average Bonchev–Trinajstić information content (AvgIpc) is 3.11. The fourth-order valence-electron chi connectivity index (χ4n) is 4.08. The first-order valence-electron chi connectivity index (χ1n) is 8.81. The molecule has 0 bridgehead atoms. The Morgan fingerprint density at radius 1 is 0.840 bits per heavy atom. The summed E-state index contributed by atoms with van der Waals surface area (Å²) in [7, 11) is 0. The summed E-state index contributed by atoms with van der Waals surface area (Å²) in [6, 6.07) is 21.9. The van der Waals surface area contributed by atoms with Gasteiger partial charge in [-0.3, -0.25) is 9.98 Å². The fourth-order valence-corrected chi connectivity index (χ4v) is 4.08. The van der Waals surface area contributed by atoms with Gasteiger partial charge in [0.15, 0.2) is 0 Å². The lowest BCUT2D eigenvalue weighted by molar-refractivity contribution is 0.688. The Bertz CT molecular complexity index is 946. The van der Waals surface area contributed by atoms with Gasteiger partial charge in [-0.05, 0) is 47.7 Å². The summed E-state index contributed by atoms with van der Waals surface area (Å²) in [5.41, 5.74) is 6.61. The molecule has 25 heavy (non-hydrogen) atoms. The van der Waals surface area contributed by atoms with Crippen molar-refractivity contribution in [1.29, 1.82) is 0 Å². The van der Waals surface area contributed by atoms with Crippen molar-refractivity contribution in [3.05, 3.63) is 95.3 Å². The Morgan fingerprint density at radius 2 is 1.60 bits per heavy atom. The second-order valence-electron chi connectivity index (χ2n) is 6.63. The molecule has 1 unspecified atom stereocenters. The van der Waals surface area contributed by atoms with E-state index in [1.807, 2.05) is 12.4 Å². The SMILES string of the molecule is c1ccc2c(c1)CCC2N1C(c2ccncc2)=NCc2ccccc21. The Hall–Kier alpha value is -2.94. The molecular weight excluding hydrogens is 306 g/mol. The maximum Gasteiger partial charge on any atom is 0.136 e. The van der Waals surface area contributed by atoms with Crippen molar-refractivity contribution < 1.29 is 0 Å². The van der Waals surface area contributed by atoms with Gasteiger partial charge < -0.3 is 4.90 Å². The molecule has 1 aliphatic heterocycles. The molecule has 1 aromatic heterocycles. The second-order valence-corrected chi connectivity index (χ2v) is 6.63. The minimum absolute atomic E-state index is 0.338. The maximum atomic E-state index is 4.95. The van der Waals surface area contributed by atoms with Gasteiger partial charge >= 0.3 is 0 Å². The molecule has 3 heteroatoms. The van der Waals surface area contributed by atoms with Crippen LogP contribution in [0, 0.1) is 0 Å². The van der Waals surface area contributed by atoms with Crippen LogP contribution >= 0.6 is 0 Å². The van der Waals surface area contributed by atoms with E-state index in [4.69, 9.17) is 4.99 Å². The van der Waals surface area contributed by atoms with Gasteiger partial charge in [0.05, 0.1) is 12.6 Å². The third kappa shape index (κ3) is 2.35. The highest BCUT2D eigenvalue weighted by atomic mass is 15.2. The molecule has 0 fully saturated rings. The molecule has 0 spiro atoms. The van der Waals surface area contributed by atoms with Crippen molar-refractivity contribution in [2.24, 2.45) is 4.99 Å². The van der Waals surface area contributed by atoms with Crippen molar-refractivity contribution in [2.45, 2.75) is 25.4 Å². The standard InChI is InChI=1S/C22H19N3/c1-3-7-19-16(5-1)9-10-21(19)25-20-8-4-2-6-18(20)15-24-22(25)17-11-13-23-14-12-17/h1-8,11-14,21H,9-10,15H2. The van der Waals surface area contributed by atoms with Crippen LogP contribution < -0.4 is 4.90 Å². The second kappa shape index (κ2) is 5.85. The summed E-state index contributed by atoms with van der Waals surface area (Å²) in [6.45, 7) is 0.735. The van der Waals surface area contributed by atoms with E-state index in [2.05, 4.69) is 70.5 Å². The van der Waals surface area contributed by atoms with E-state index >= 15 is 0 Å². The van der Waals surface area contributed by atoms with Gasteiger partial charge in [0.2, 0.25) is 0 Å². The Morgan fingerprint density at radius 3 is 2.48 bits per heavy atom. The van der Waals surface area contributed by atoms with E-state index in [1.54, 1.807) is 0 Å². The Labute approximate surface area is 147 Å². The monoisotopic (exact) mass is 325 g/mol. The summed E-state index contributed by atoms with van der Waals surface area (Å²) < 4.78 is 0. The molecule has 3 nitrogen and oxygen atoms in total. The smallest absolute Gasteiger partial charge is 0.136 e. The molecule has 2 aromatic carbocycles. The largest absolute Gasteiger partial charge is 0.318 e. The summed E-state index contributed by atoms with van der Waals surface area (Å²) in [4.78, 5) is 11.6. The third-order valence-electron chi connectivity index (χ3n) is 5.23. The predicted octanol–water partition coefficient (Wildman–Crippen LogP) is 4.54. The van der Waals surface area contributed by atoms with Crippen molar-refractivity contribution in [1.82, 2.24) is 4.98 Å². The predicted molar refractivity (Wildman–Crippen MR) is 101 cm³/mol. The Balaban J connectivity index is 1.67. The lowest BCUT2D eigenvalue weighted by atomic mass is 10.0. The first-order chi connectivity index (χ1) is 12.4. The highest BCUT2D eigenvalue weighted by molar-refractivity contribution is 6.11. The molecule has 1 aliphatic carbocycles. The van der Waals surface area contributed by atoms with E-state index in [1.165, 1.54) is 22.4 Å². The highest BCUT2D eigenvalue weighted by Crippen LogP contribution is 2.41. The fraction of sp³-hybridized carbons (Fsp3) is 0.182. The van der Waals surface area contributed by atoms with E-state index in [0.29, 0.717) is 6.04 Å². The summed E-state index contributed by atoms with van der Waals surface area (Å²) >= 11 is 0. The van der Waals surface area contributed by atoms with Crippen LogP contribution in [-0.4, -0.2) is 10.8 Å². The molecule has 0 saturated carbocycles. The molecule has 0 amide bonds. The number of pyridine rings is 1. The van der Waals surface area contributed by atoms with E-state index in [-0.39, 0.29) is 0 Å². The number of aliphatic imine (C=N–C) groups is 1. The van der Waals surface area contributed by atoms with Gasteiger partial charge in [-0.1, -0.05) is 42.5 Å². The van der Waals surface area contributed by atoms with Crippen LogP contribution in [0.3, 0.4) is 0 Å². The zero-order valence-corrected chi connectivity index (χ0v) is 14.0. The number of nitrogens with zero attached hydrogens (tertiary/aromatic N) is 3. The lowest BCUT2D eigenvalue weighted by Crippen LogP contribution is -2.37. The van der Waals surface area contributed by atoms with Crippen LogP contribution in [0.5, 0.6) is 0 Å². The number of rotatable bonds is 2. The number of hydrogen-bond donors (Lipinski definition) is 0. The van der Waals surface area contributed by atoms with Gasteiger partial charge in [-0.15, -0.1) is 0 Å². The van der Waals surface area contributed by atoms with Crippen molar-refractivity contribution in [3.8, 4) is 0 Å². The number of amidine groups is 1. The van der Waals surface area contributed by atoms with Gasteiger partial charge in [-0.2, -0.15) is 0 Å². The van der Waals surface area contributed by atoms with Crippen LogP contribution in [0.4, 0.5) is 5.69 Å². The van der Waals surface area contributed by atoms with Gasteiger partial charge in [0, 0.05) is 23.6 Å². The first kappa shape index (κ1) is 14.4. The summed E-state index contributed by atoms with van der Waals surface area (Å²) in [5, 5.41) is 0. The zero-order chi connectivity index (χ0) is 16.6. The summed E-state index contributed by atoms with van der Waals surface area (Å²) in [6.07, 6.45) is 5.94. The number of benzene rings is 2. The van der Waals surface area contributed by atoms with Crippen molar-refractivity contribution in [2.75, 3.05) is 4.90 Å². The van der Waals surface area contributed by atoms with Crippen molar-refractivity contribution >= 4 is 11.5 Å². The van der Waals surface area contributed by atoms with Crippen LogP contribution in [-0.2, 0) is 13.0 Å². The number of aromatic nitrogens is 1. The topological polar surface area (TPSA) is 28.5 Å². The molecule has 2 heterocycles. The molecule has 3 aromatic rings. The number of anilines is 1. The molecule has 5 rings (SSSR count). The van der Waals surface area contributed by atoms with Crippen LogP contribution in [0.2, 0.25) is 0 Å². The van der Waals surface area contributed by atoms with E-state index in [9.17, 15) is 0 Å². The number of aryl methyl sites for hydroxylation is 1. The highest BCUT2D eigenvalue weighted by Gasteiger charge is 2.33. The van der Waals surface area contributed by atoms with Gasteiger partial charge in [0.25, 0.3) is 0 Å². The normalized spacial score (nSPS) is 18.5. The number of hydrogen-bond acceptors (Lipinski definition) is 3. The van der Waals surface area contributed by atoms with Gasteiger partial charge in [-0.25, -0.2) is 0 Å². The van der Waals surface area contributed by atoms with Crippen LogP contribution in [0.1, 0.15) is 34.7 Å². The minimum atomic E-state index is 0.338. The molecular formula is C22H19N3. The van der Waals surface area contributed by atoms with Crippen LogP contribution in [0.25, 0.3) is 0 Å². The molecule has 0 radical (unpaired) electrons. The average molecular weight is 325 g/mol. The molecule has 2 aliphatic rings. The third-order valence-corrected chi connectivity index (χ3v) is 5.23. The van der Waals surface area contributed by atoms with Crippen LogP contribution in [0.15, 0.2) is 78.0 Å². The Kier molecular flexibility index (Phi) is 3.37. The molecule has 0 N–H and O–H groups in total. The lowest BCUT2D eigenvalue weighted by Gasteiger charge is -2.37. The number of fused-ring (bicyclic) bond motifs is 2. The first-order valence-corrected chi connectivity index (χ1v) is 8.81. The quantitative estimate of drug-likeness (QED) is 0.692. The van der Waals surface area contributed by atoms with E-state index < -0.39 is 0 Å². The maximum absolute atomic E-state index is 4.95. The molecule has 1 atom stereocenters. The van der Waals surface area contributed by atoms with Gasteiger partial charge in [0.1, 0.15) is 5.84 Å².